The van der Waals surface area contributed by atoms with Crippen molar-refractivity contribution in [2.45, 2.75) is 45.1 Å². The van der Waals surface area contributed by atoms with E-state index in [2.05, 4.69) is 47.0 Å². The van der Waals surface area contributed by atoms with Crippen LogP contribution in [0.25, 0.3) is 0 Å². The van der Waals surface area contributed by atoms with Gasteiger partial charge in [-0.05, 0) is 60.0 Å². The molecule has 0 fully saturated rings. The molecule has 0 radical (unpaired) electrons. The maximum atomic E-state index is 6.48. The molecule has 1 atom stereocenters. The molecule has 2 aromatic carbocycles. The Balaban J connectivity index is 0.00000163. The van der Waals surface area contributed by atoms with Gasteiger partial charge in [0.05, 0.1) is 39.6 Å². The monoisotopic (exact) mass is 573 g/mol. The second-order valence-corrected chi connectivity index (χ2v) is 9.70. The van der Waals surface area contributed by atoms with Gasteiger partial charge in [0.15, 0.2) is 0 Å². The highest BCUT2D eigenvalue weighted by Gasteiger charge is 2.27. The first kappa shape index (κ1) is 34.2. The number of nitrogens with one attached hydrogen (secondary N) is 1. The minimum absolute atomic E-state index is 0.254. The molecule has 0 unspecified atom stereocenters. The minimum atomic E-state index is 0.254. The lowest BCUT2D eigenvalue weighted by molar-refractivity contribution is 0.0172. The molecule has 0 amide bonds. The van der Waals surface area contributed by atoms with Gasteiger partial charge in [0.25, 0.3) is 0 Å². The number of nitrogens with two attached hydrogens (primary N) is 1. The van der Waals surface area contributed by atoms with Gasteiger partial charge in [-0.1, -0.05) is 63.0 Å². The summed E-state index contributed by atoms with van der Waals surface area (Å²) in [4.78, 5) is 3.46. The van der Waals surface area contributed by atoms with Gasteiger partial charge < -0.3 is 24.8 Å². The summed E-state index contributed by atoms with van der Waals surface area (Å²) in [6.07, 6.45) is 0. The lowest BCUT2D eigenvalue weighted by Gasteiger charge is -2.33. The first-order chi connectivity index (χ1) is 18.1. The molecule has 37 heavy (non-hydrogen) atoms. The highest BCUT2D eigenvalue weighted by atomic mass is 35.5. The molecule has 0 saturated carbocycles. The van der Waals surface area contributed by atoms with E-state index in [1.165, 1.54) is 16.7 Å². The van der Waals surface area contributed by atoms with E-state index in [9.17, 15) is 0 Å². The van der Waals surface area contributed by atoms with Gasteiger partial charge in [-0.2, -0.15) is 0 Å². The Kier molecular flexibility index (Phi) is 19.4. The molecule has 6 nitrogen and oxygen atoms in total. The highest BCUT2D eigenvalue weighted by Crippen LogP contribution is 2.38. The van der Waals surface area contributed by atoms with Gasteiger partial charge in [0.2, 0.25) is 0 Å². The van der Waals surface area contributed by atoms with Crippen LogP contribution < -0.4 is 10.5 Å². The number of halogens is 2. The predicted molar refractivity (Wildman–Crippen MR) is 159 cm³/mol. The molecule has 3 N–H and O–H groups in total. The standard InChI is InChI=1S/C24H33Cl2N3O3S.2C2H6/c1-29-16-22(21-14-19(25)15-24(26)23(21)17-29)18-2-4-20(5-3-18)33-28-7-9-31-11-13-32-12-10-30-8-6-27;2*1-2/h2-5,14-15,22,28H,6-13,16-17,27H2,1H3;2*1-2H3/t22-;;/m0../s1. The topological polar surface area (TPSA) is 69.0 Å². The van der Waals surface area contributed by atoms with Crippen molar-refractivity contribution < 1.29 is 14.2 Å². The van der Waals surface area contributed by atoms with Crippen LogP contribution in [0, 0.1) is 0 Å². The second-order valence-electron chi connectivity index (χ2n) is 7.90. The van der Waals surface area contributed by atoms with Crippen molar-refractivity contribution in [2.75, 3.05) is 66.3 Å². The zero-order chi connectivity index (χ0) is 27.5. The molecule has 0 bridgehead atoms. The second kappa shape index (κ2) is 21.0. The van der Waals surface area contributed by atoms with Crippen LogP contribution in [0.3, 0.4) is 0 Å². The fourth-order valence-corrected chi connectivity index (χ4v) is 4.97. The van der Waals surface area contributed by atoms with E-state index in [-0.39, 0.29) is 5.92 Å². The predicted octanol–water partition coefficient (Wildman–Crippen LogP) is 6.23. The molecular formula is C28H45Cl2N3O3S. The van der Waals surface area contributed by atoms with Gasteiger partial charge in [0, 0.05) is 47.0 Å². The van der Waals surface area contributed by atoms with Crippen molar-refractivity contribution in [1.29, 1.82) is 0 Å². The largest absolute Gasteiger partial charge is 0.378 e. The lowest BCUT2D eigenvalue weighted by Crippen LogP contribution is -2.31. The van der Waals surface area contributed by atoms with Gasteiger partial charge in [-0.15, -0.1) is 0 Å². The molecule has 0 spiro atoms. The van der Waals surface area contributed by atoms with Crippen LogP contribution in [0.4, 0.5) is 0 Å². The smallest absolute Gasteiger partial charge is 0.0701 e. The molecule has 0 saturated heterocycles. The van der Waals surface area contributed by atoms with E-state index >= 15 is 0 Å². The zero-order valence-electron chi connectivity index (χ0n) is 23.0. The summed E-state index contributed by atoms with van der Waals surface area (Å²) >= 11 is 14.4. The van der Waals surface area contributed by atoms with E-state index < -0.39 is 0 Å². The maximum Gasteiger partial charge on any atom is 0.0701 e. The Morgan fingerprint density at radius 2 is 1.51 bits per heavy atom. The molecule has 0 aromatic heterocycles. The fraction of sp³-hybridized carbons (Fsp3) is 0.571. The highest BCUT2D eigenvalue weighted by molar-refractivity contribution is 7.97. The van der Waals surface area contributed by atoms with Gasteiger partial charge in [-0.25, -0.2) is 0 Å². The van der Waals surface area contributed by atoms with Crippen LogP contribution in [0.2, 0.25) is 10.0 Å². The summed E-state index contributed by atoms with van der Waals surface area (Å²) in [5.74, 6) is 0.254. The molecule has 1 aliphatic heterocycles. The lowest BCUT2D eigenvalue weighted by atomic mass is 9.85. The molecule has 1 heterocycles. The van der Waals surface area contributed by atoms with Crippen LogP contribution in [-0.2, 0) is 20.8 Å². The van der Waals surface area contributed by atoms with Crippen LogP contribution in [0.15, 0.2) is 41.3 Å². The Morgan fingerprint density at radius 1 is 0.919 bits per heavy atom. The van der Waals surface area contributed by atoms with E-state index in [4.69, 9.17) is 43.1 Å². The average Bonchev–Trinajstić information content (AvgIpc) is 2.92. The Hall–Kier alpha value is -0.870. The summed E-state index contributed by atoms with van der Waals surface area (Å²) in [7, 11) is 2.13. The minimum Gasteiger partial charge on any atom is -0.378 e. The van der Waals surface area contributed by atoms with Crippen LogP contribution in [0.1, 0.15) is 50.3 Å². The first-order valence-corrected chi connectivity index (χ1v) is 14.7. The third kappa shape index (κ3) is 12.7. The van der Waals surface area contributed by atoms with E-state index in [1.54, 1.807) is 11.9 Å². The Morgan fingerprint density at radius 3 is 2.14 bits per heavy atom. The maximum absolute atomic E-state index is 6.48. The third-order valence-corrected chi connectivity index (χ3v) is 6.73. The fourth-order valence-electron chi connectivity index (χ4n) is 3.77. The van der Waals surface area contributed by atoms with Gasteiger partial charge in [0.1, 0.15) is 0 Å². The average molecular weight is 575 g/mol. The van der Waals surface area contributed by atoms with Crippen molar-refractivity contribution in [3.05, 3.63) is 63.1 Å². The summed E-state index contributed by atoms with van der Waals surface area (Å²) < 4.78 is 19.6. The quantitative estimate of drug-likeness (QED) is 0.205. The van der Waals surface area contributed by atoms with Crippen molar-refractivity contribution in [3.8, 4) is 0 Å². The van der Waals surface area contributed by atoms with Crippen LogP contribution in [0.5, 0.6) is 0 Å². The Labute approximate surface area is 238 Å². The number of likely N-dealkylation sites (N-methyl/N-ethyl adjacent to an activating group) is 1. The summed E-state index contributed by atoms with van der Waals surface area (Å²) in [6.45, 7) is 14.6. The number of rotatable bonds is 14. The summed E-state index contributed by atoms with van der Waals surface area (Å²) in [6, 6.07) is 12.6. The van der Waals surface area contributed by atoms with Gasteiger partial charge in [-0.3, -0.25) is 4.72 Å². The van der Waals surface area contributed by atoms with E-state index in [1.807, 2.05) is 33.8 Å². The molecule has 210 valence electrons. The number of hydrogen-bond donors (Lipinski definition) is 2. The van der Waals surface area contributed by atoms with Gasteiger partial charge >= 0.3 is 0 Å². The number of nitrogens with zero attached hydrogens (tertiary/aromatic N) is 1. The summed E-state index contributed by atoms with van der Waals surface area (Å²) in [5.41, 5.74) is 9.02. The molecular weight excluding hydrogens is 529 g/mol. The SMILES string of the molecule is CC.CC.CN1Cc2c(Cl)cc(Cl)cc2[C@H](c2ccc(SNCCOCCOCCOCCN)cc2)C1. The molecule has 9 heteroatoms. The normalized spacial score (nSPS) is 14.8. The first-order valence-electron chi connectivity index (χ1n) is 13.2. The number of fused-ring (bicyclic) bond motifs is 1. The zero-order valence-corrected chi connectivity index (χ0v) is 25.4. The number of hydrogen-bond acceptors (Lipinski definition) is 7. The van der Waals surface area contributed by atoms with E-state index in [0.29, 0.717) is 51.2 Å². The Bertz CT molecular complexity index is 859. The molecule has 0 aliphatic carbocycles. The third-order valence-electron chi connectivity index (χ3n) is 5.32. The number of ether oxygens (including phenoxy) is 3. The van der Waals surface area contributed by atoms with E-state index in [0.717, 1.165) is 29.6 Å². The summed E-state index contributed by atoms with van der Waals surface area (Å²) in [5, 5.41) is 1.44. The van der Waals surface area contributed by atoms with Crippen molar-refractivity contribution in [3.63, 3.8) is 0 Å². The van der Waals surface area contributed by atoms with Crippen molar-refractivity contribution in [1.82, 2.24) is 9.62 Å². The molecule has 2 aromatic rings. The molecule has 3 rings (SSSR count). The van der Waals surface area contributed by atoms with Crippen LogP contribution in [-0.4, -0.2) is 71.2 Å². The van der Waals surface area contributed by atoms with Crippen LogP contribution >= 0.6 is 35.1 Å². The van der Waals surface area contributed by atoms with Crippen molar-refractivity contribution in [2.24, 2.45) is 5.73 Å². The van der Waals surface area contributed by atoms with Crippen molar-refractivity contribution >= 4 is 35.1 Å². The number of benzene rings is 2. The molecule has 1 aliphatic rings.